The summed E-state index contributed by atoms with van der Waals surface area (Å²) in [6.45, 7) is 11.6. The summed E-state index contributed by atoms with van der Waals surface area (Å²) in [5.74, 6) is 3.97. The largest absolute Gasteiger partial charge is 0.463 e. The number of furan rings is 1. The Balaban J connectivity index is 2.51. The van der Waals surface area contributed by atoms with Crippen LogP contribution < -0.4 is 5.32 Å². The van der Waals surface area contributed by atoms with Crippen molar-refractivity contribution in [1.82, 2.24) is 10.2 Å². The van der Waals surface area contributed by atoms with Crippen molar-refractivity contribution in [2.45, 2.75) is 46.8 Å². The fourth-order valence-electron chi connectivity index (χ4n) is 2.09. The second-order valence-corrected chi connectivity index (χ2v) is 6.97. The summed E-state index contributed by atoms with van der Waals surface area (Å²) in [6.07, 6.45) is 2.15. The third-order valence-corrected chi connectivity index (χ3v) is 4.29. The highest BCUT2D eigenvalue weighted by Crippen LogP contribution is 2.17. The van der Waals surface area contributed by atoms with Gasteiger partial charge >= 0.3 is 0 Å². The summed E-state index contributed by atoms with van der Waals surface area (Å²) < 4.78 is 5.98. The van der Waals surface area contributed by atoms with Crippen molar-refractivity contribution in [3.63, 3.8) is 0 Å². The van der Waals surface area contributed by atoms with Gasteiger partial charge in [0.25, 0.3) is 0 Å². The lowest BCUT2D eigenvalue weighted by atomic mass is 10.2. The van der Waals surface area contributed by atoms with E-state index < -0.39 is 0 Å². The molecule has 0 fully saturated rings. The van der Waals surface area contributed by atoms with Crippen molar-refractivity contribution in [3.05, 3.63) is 23.2 Å². The van der Waals surface area contributed by atoms with Crippen LogP contribution >= 0.6 is 11.8 Å². The minimum absolute atomic E-state index is 0.568. The van der Waals surface area contributed by atoms with Crippen molar-refractivity contribution >= 4 is 11.8 Å². The van der Waals surface area contributed by atoms with E-state index in [0.717, 1.165) is 36.9 Å². The zero-order valence-corrected chi connectivity index (χ0v) is 14.6. The lowest BCUT2D eigenvalue weighted by Crippen LogP contribution is -2.30. The van der Waals surface area contributed by atoms with E-state index in [1.165, 1.54) is 5.56 Å². The van der Waals surface area contributed by atoms with Gasteiger partial charge in [0.2, 0.25) is 0 Å². The van der Waals surface area contributed by atoms with Crippen LogP contribution in [0.15, 0.2) is 10.5 Å². The molecule has 0 saturated carbocycles. The van der Waals surface area contributed by atoms with E-state index in [9.17, 15) is 0 Å². The van der Waals surface area contributed by atoms with Crippen LogP contribution in [0.3, 0.4) is 0 Å². The van der Waals surface area contributed by atoms with Crippen molar-refractivity contribution in [2.75, 3.05) is 25.6 Å². The quantitative estimate of drug-likeness (QED) is 0.755. The van der Waals surface area contributed by atoms with E-state index in [1.807, 2.05) is 11.8 Å². The molecular formula is C16H30N2OS. The first-order chi connectivity index (χ1) is 9.43. The Morgan fingerprint density at radius 1 is 1.35 bits per heavy atom. The molecule has 0 aromatic carbocycles. The highest BCUT2D eigenvalue weighted by atomic mass is 32.2. The summed E-state index contributed by atoms with van der Waals surface area (Å²) in [5, 5.41) is 3.44. The molecule has 0 saturated heterocycles. The molecule has 1 atom stereocenters. The maximum Gasteiger partial charge on any atom is 0.120 e. The van der Waals surface area contributed by atoms with Gasteiger partial charge in [0.05, 0.1) is 13.1 Å². The summed E-state index contributed by atoms with van der Waals surface area (Å²) in [6, 6.07) is 2.74. The van der Waals surface area contributed by atoms with E-state index in [0.29, 0.717) is 12.0 Å². The maximum absolute atomic E-state index is 5.98. The Morgan fingerprint density at radius 2 is 2.05 bits per heavy atom. The molecule has 0 aliphatic rings. The second kappa shape index (κ2) is 8.75. The van der Waals surface area contributed by atoms with Crippen molar-refractivity contribution in [2.24, 2.45) is 5.92 Å². The molecule has 1 rings (SSSR count). The summed E-state index contributed by atoms with van der Waals surface area (Å²) in [5.41, 5.74) is 1.25. The maximum atomic E-state index is 5.98. The first kappa shape index (κ1) is 17.6. The predicted molar refractivity (Wildman–Crippen MR) is 89.3 cm³/mol. The third kappa shape index (κ3) is 5.90. The molecule has 0 bridgehead atoms. The van der Waals surface area contributed by atoms with Gasteiger partial charge in [-0.15, -0.1) is 0 Å². The van der Waals surface area contributed by atoms with Gasteiger partial charge in [-0.2, -0.15) is 11.8 Å². The van der Waals surface area contributed by atoms with Gasteiger partial charge in [-0.25, -0.2) is 0 Å². The minimum atomic E-state index is 0.568. The van der Waals surface area contributed by atoms with E-state index in [4.69, 9.17) is 4.42 Å². The summed E-state index contributed by atoms with van der Waals surface area (Å²) in [7, 11) is 2.16. The molecule has 4 heteroatoms. The Labute approximate surface area is 128 Å². The number of hydrogen-bond donors (Lipinski definition) is 1. The van der Waals surface area contributed by atoms with E-state index in [2.05, 4.69) is 57.3 Å². The number of nitrogens with one attached hydrogen (secondary N) is 1. The Bertz CT molecular complexity index is 390. The van der Waals surface area contributed by atoms with Gasteiger partial charge in [0.15, 0.2) is 0 Å². The van der Waals surface area contributed by atoms with Crippen LogP contribution in [0.4, 0.5) is 0 Å². The lowest BCUT2D eigenvalue weighted by Gasteiger charge is -2.22. The first-order valence-corrected chi connectivity index (χ1v) is 8.81. The molecule has 1 aromatic heterocycles. The van der Waals surface area contributed by atoms with Crippen LogP contribution in [0.2, 0.25) is 0 Å². The second-order valence-electron chi connectivity index (χ2n) is 6.06. The van der Waals surface area contributed by atoms with Crippen molar-refractivity contribution < 1.29 is 4.42 Å². The number of thioether (sulfide) groups is 1. The third-order valence-electron chi connectivity index (χ3n) is 3.48. The van der Waals surface area contributed by atoms with Gasteiger partial charge in [0, 0.05) is 11.8 Å². The van der Waals surface area contributed by atoms with Crippen molar-refractivity contribution in [1.29, 1.82) is 0 Å². The molecule has 0 amide bonds. The number of rotatable bonds is 9. The molecule has 1 N–H and O–H groups in total. The van der Waals surface area contributed by atoms with Gasteiger partial charge in [-0.1, -0.05) is 13.8 Å². The molecule has 0 aliphatic heterocycles. The Hall–Kier alpha value is -0.450. The van der Waals surface area contributed by atoms with Gasteiger partial charge in [-0.05, 0) is 51.2 Å². The van der Waals surface area contributed by atoms with Crippen LogP contribution in [-0.2, 0) is 13.1 Å². The lowest BCUT2D eigenvalue weighted by molar-refractivity contribution is 0.244. The fourth-order valence-corrected chi connectivity index (χ4v) is 2.82. The zero-order valence-electron chi connectivity index (χ0n) is 13.8. The molecule has 0 radical (unpaired) electrons. The monoisotopic (exact) mass is 298 g/mol. The number of hydrogen-bond acceptors (Lipinski definition) is 4. The molecule has 1 unspecified atom stereocenters. The van der Waals surface area contributed by atoms with Gasteiger partial charge in [0.1, 0.15) is 11.5 Å². The van der Waals surface area contributed by atoms with Crippen molar-refractivity contribution in [3.8, 4) is 0 Å². The average molecular weight is 298 g/mol. The van der Waals surface area contributed by atoms with Gasteiger partial charge < -0.3 is 9.73 Å². The van der Waals surface area contributed by atoms with Crippen LogP contribution in [0.1, 0.15) is 37.9 Å². The van der Waals surface area contributed by atoms with Crippen LogP contribution in [0.25, 0.3) is 0 Å². The molecular weight excluding hydrogens is 268 g/mol. The number of aryl methyl sites for hydroxylation is 1. The van der Waals surface area contributed by atoms with Gasteiger partial charge in [-0.3, -0.25) is 4.90 Å². The summed E-state index contributed by atoms with van der Waals surface area (Å²) in [4.78, 5) is 2.35. The Kier molecular flexibility index (Phi) is 7.70. The highest BCUT2D eigenvalue weighted by molar-refractivity contribution is 7.98. The smallest absolute Gasteiger partial charge is 0.120 e. The average Bonchev–Trinajstić information content (AvgIpc) is 2.69. The molecule has 20 heavy (non-hydrogen) atoms. The zero-order chi connectivity index (χ0) is 15.1. The number of nitrogens with zero attached hydrogens (tertiary/aromatic N) is 1. The molecule has 0 spiro atoms. The molecule has 3 nitrogen and oxygen atoms in total. The molecule has 1 heterocycles. The van der Waals surface area contributed by atoms with E-state index in [-0.39, 0.29) is 0 Å². The topological polar surface area (TPSA) is 28.4 Å². The fraction of sp³-hybridized carbons (Fsp3) is 0.750. The molecule has 0 aliphatic carbocycles. The van der Waals surface area contributed by atoms with Crippen LogP contribution in [0, 0.1) is 12.8 Å². The summed E-state index contributed by atoms with van der Waals surface area (Å²) >= 11 is 1.89. The minimum Gasteiger partial charge on any atom is -0.463 e. The first-order valence-electron chi connectivity index (χ1n) is 7.42. The van der Waals surface area contributed by atoms with Crippen LogP contribution in [-0.4, -0.2) is 36.5 Å². The standard InChI is InChI=1S/C16H30N2OS/c1-12(2)8-17-9-16-13(3)7-15(19-16)10-18(5)14(4)11-20-6/h7,12,14,17H,8-11H2,1-6H3. The predicted octanol–water partition coefficient (Wildman–Crippen LogP) is 3.52. The van der Waals surface area contributed by atoms with E-state index >= 15 is 0 Å². The van der Waals surface area contributed by atoms with Crippen LogP contribution in [0.5, 0.6) is 0 Å². The molecule has 116 valence electrons. The molecule has 1 aromatic rings. The normalized spacial score (nSPS) is 13.4. The highest BCUT2D eigenvalue weighted by Gasteiger charge is 2.13. The van der Waals surface area contributed by atoms with E-state index in [1.54, 1.807) is 0 Å². The Morgan fingerprint density at radius 3 is 2.65 bits per heavy atom. The SMILES string of the molecule is CSCC(C)N(C)Cc1cc(C)c(CNCC(C)C)o1.